The Hall–Kier alpha value is -2.90. The van der Waals surface area contributed by atoms with E-state index in [0.717, 1.165) is 41.7 Å². The van der Waals surface area contributed by atoms with E-state index in [1.54, 1.807) is 11.0 Å². The van der Waals surface area contributed by atoms with Gasteiger partial charge in [-0.1, -0.05) is 30.7 Å². The van der Waals surface area contributed by atoms with Crippen molar-refractivity contribution in [3.05, 3.63) is 76.5 Å². The molecule has 1 fully saturated rings. The van der Waals surface area contributed by atoms with Crippen molar-refractivity contribution < 1.29 is 9.18 Å². The predicted molar refractivity (Wildman–Crippen MR) is 124 cm³/mol. The molecule has 5 rings (SSSR count). The fraction of sp³-hybridized carbons (Fsp3) is 0.333. The Labute approximate surface area is 192 Å². The van der Waals surface area contributed by atoms with Gasteiger partial charge in [0.15, 0.2) is 5.82 Å². The van der Waals surface area contributed by atoms with E-state index < -0.39 is 0 Å². The Morgan fingerprint density at radius 3 is 2.72 bits per heavy atom. The molecule has 3 heterocycles. The van der Waals surface area contributed by atoms with Gasteiger partial charge < -0.3 is 4.90 Å². The van der Waals surface area contributed by atoms with Gasteiger partial charge in [-0.3, -0.25) is 15.1 Å². The number of halogens is 2. The van der Waals surface area contributed by atoms with Gasteiger partial charge in [-0.05, 0) is 54.3 Å². The molecule has 3 aliphatic heterocycles. The van der Waals surface area contributed by atoms with E-state index >= 15 is 0 Å². The summed E-state index contributed by atoms with van der Waals surface area (Å²) < 4.78 is 13.5. The number of fused-ring (bicyclic) bond motifs is 1. The quantitative estimate of drug-likeness (QED) is 0.738. The van der Waals surface area contributed by atoms with Gasteiger partial charge in [0.25, 0.3) is 0 Å². The smallest absolute Gasteiger partial charge is 0.325 e. The van der Waals surface area contributed by atoms with Crippen LogP contribution >= 0.6 is 11.6 Å². The van der Waals surface area contributed by atoms with Gasteiger partial charge >= 0.3 is 6.03 Å². The highest BCUT2D eigenvalue weighted by Gasteiger charge is 2.39. The van der Waals surface area contributed by atoms with Crippen LogP contribution in [0.2, 0.25) is 5.02 Å². The lowest BCUT2D eigenvalue weighted by Crippen LogP contribution is -2.49. The minimum atomic E-state index is -0.271. The average molecular weight is 454 g/mol. The van der Waals surface area contributed by atoms with Crippen molar-refractivity contribution in [1.82, 2.24) is 15.1 Å². The number of anilines is 1. The second-order valence-corrected chi connectivity index (χ2v) is 9.23. The number of aryl methyl sites for hydroxylation is 1. The molecule has 2 atom stereocenters. The van der Waals surface area contributed by atoms with E-state index in [1.165, 1.54) is 17.7 Å². The zero-order valence-electron chi connectivity index (χ0n) is 18.1. The van der Waals surface area contributed by atoms with Crippen LogP contribution in [-0.2, 0) is 6.54 Å². The largest absolute Gasteiger partial charge is 0.329 e. The van der Waals surface area contributed by atoms with Crippen LogP contribution in [0, 0.1) is 24.6 Å². The van der Waals surface area contributed by atoms with Crippen molar-refractivity contribution in [1.29, 1.82) is 0 Å². The molecule has 2 unspecified atom stereocenters. The summed E-state index contributed by atoms with van der Waals surface area (Å²) in [7, 11) is 0. The molecule has 6 nitrogen and oxygen atoms in total. The van der Waals surface area contributed by atoms with Crippen LogP contribution in [0.5, 0.6) is 0 Å². The zero-order chi connectivity index (χ0) is 22.4. The molecule has 8 heteroatoms. The summed E-state index contributed by atoms with van der Waals surface area (Å²) in [6, 6.07) is 12.4. The van der Waals surface area contributed by atoms with Crippen molar-refractivity contribution in [2.45, 2.75) is 20.4 Å². The average Bonchev–Trinajstić information content (AvgIpc) is 3.33. The van der Waals surface area contributed by atoms with Gasteiger partial charge in [0.2, 0.25) is 0 Å². The predicted octanol–water partition coefficient (Wildman–Crippen LogP) is 4.56. The van der Waals surface area contributed by atoms with E-state index in [-0.39, 0.29) is 17.8 Å². The lowest BCUT2D eigenvalue weighted by molar-refractivity contribution is 0.216. The molecule has 0 saturated carbocycles. The fourth-order valence-corrected chi connectivity index (χ4v) is 4.85. The molecule has 1 N–H and O–H groups in total. The van der Waals surface area contributed by atoms with Crippen LogP contribution in [0.3, 0.4) is 0 Å². The summed E-state index contributed by atoms with van der Waals surface area (Å²) in [6.07, 6.45) is 1.87. The number of carbonyl (C=O) groups is 1. The molecule has 0 aromatic heterocycles. The van der Waals surface area contributed by atoms with Gasteiger partial charge in [-0.2, -0.15) is 0 Å². The van der Waals surface area contributed by atoms with Crippen molar-refractivity contribution in [3.63, 3.8) is 0 Å². The lowest BCUT2D eigenvalue weighted by atomic mass is 9.96. The number of urea groups is 1. The third kappa shape index (κ3) is 3.98. The molecular weight excluding hydrogens is 429 g/mol. The van der Waals surface area contributed by atoms with E-state index in [0.29, 0.717) is 18.4 Å². The maximum atomic E-state index is 13.5. The maximum Gasteiger partial charge on any atom is 0.329 e. The molecule has 0 bridgehead atoms. The third-order valence-electron chi connectivity index (χ3n) is 6.38. The van der Waals surface area contributed by atoms with Gasteiger partial charge in [0.1, 0.15) is 18.3 Å². The molecule has 1 saturated heterocycles. The van der Waals surface area contributed by atoms with Crippen LogP contribution in [-0.4, -0.2) is 41.4 Å². The topological polar surface area (TPSA) is 51.2 Å². The first-order chi connectivity index (χ1) is 15.4. The van der Waals surface area contributed by atoms with E-state index in [2.05, 4.69) is 17.1 Å². The van der Waals surface area contributed by atoms with Crippen LogP contribution in [0.4, 0.5) is 14.9 Å². The molecule has 0 spiro atoms. The van der Waals surface area contributed by atoms with Crippen LogP contribution in [0.1, 0.15) is 18.1 Å². The maximum absolute atomic E-state index is 13.5. The highest BCUT2D eigenvalue weighted by molar-refractivity contribution is 6.30. The number of likely N-dealkylation sites (tertiary alicyclic amines) is 1. The van der Waals surface area contributed by atoms with Crippen molar-refractivity contribution >= 4 is 29.2 Å². The summed E-state index contributed by atoms with van der Waals surface area (Å²) in [4.78, 5) is 23.6. The SMILES string of the molecule is Cc1cc(F)ccc1N1C=C2N=C(C3CN(Cc4ccc(Cl)cc4)CC3C)NC(=O)N2C1. The number of amides is 2. The van der Waals surface area contributed by atoms with Crippen LogP contribution < -0.4 is 10.2 Å². The second-order valence-electron chi connectivity index (χ2n) is 8.79. The van der Waals surface area contributed by atoms with E-state index in [9.17, 15) is 9.18 Å². The number of benzene rings is 2. The Bertz CT molecular complexity index is 1120. The van der Waals surface area contributed by atoms with E-state index in [1.807, 2.05) is 42.3 Å². The molecular formula is C24H25ClFN5O. The molecule has 166 valence electrons. The Kier molecular flexibility index (Phi) is 5.39. The van der Waals surface area contributed by atoms with Crippen LogP contribution in [0.25, 0.3) is 0 Å². The normalized spacial score (nSPS) is 23.2. The van der Waals surface area contributed by atoms with Crippen molar-refractivity contribution in [2.75, 3.05) is 24.7 Å². The number of amidine groups is 1. The van der Waals surface area contributed by atoms with E-state index in [4.69, 9.17) is 16.6 Å². The molecule has 32 heavy (non-hydrogen) atoms. The Morgan fingerprint density at radius 2 is 1.97 bits per heavy atom. The molecule has 2 aromatic carbocycles. The highest BCUT2D eigenvalue weighted by Crippen LogP contribution is 2.32. The number of aliphatic imine (C=N–C) groups is 1. The number of nitrogens with zero attached hydrogens (tertiary/aromatic N) is 4. The lowest BCUT2D eigenvalue weighted by Gasteiger charge is -2.28. The minimum Gasteiger partial charge on any atom is -0.325 e. The summed E-state index contributed by atoms with van der Waals surface area (Å²) in [6.45, 7) is 7.02. The van der Waals surface area contributed by atoms with Gasteiger partial charge in [-0.15, -0.1) is 0 Å². The van der Waals surface area contributed by atoms with Gasteiger partial charge in [0, 0.05) is 42.5 Å². The standard InChI is InChI=1S/C24H25ClFN5O/c1-15-9-19(26)7-8-21(15)30-13-22-27-23(28-24(32)31(22)14-30)20-12-29(10-16(20)2)11-17-3-5-18(25)6-4-17/h3-9,13,16,20H,10-12,14H2,1-2H3,(H,27,28,32). The fourth-order valence-electron chi connectivity index (χ4n) is 4.72. The number of nitrogens with one attached hydrogen (secondary N) is 1. The van der Waals surface area contributed by atoms with Gasteiger partial charge in [-0.25, -0.2) is 14.2 Å². The highest BCUT2D eigenvalue weighted by atomic mass is 35.5. The van der Waals surface area contributed by atoms with Crippen LogP contribution in [0.15, 0.2) is 59.5 Å². The molecule has 3 aliphatic rings. The Morgan fingerprint density at radius 1 is 1.19 bits per heavy atom. The minimum absolute atomic E-state index is 0.149. The second kappa shape index (κ2) is 8.22. The molecule has 0 aliphatic carbocycles. The number of hydrogen-bond donors (Lipinski definition) is 1. The Balaban J connectivity index is 1.34. The van der Waals surface area contributed by atoms with Crippen molar-refractivity contribution in [2.24, 2.45) is 16.8 Å². The molecule has 2 aromatic rings. The number of rotatable bonds is 4. The zero-order valence-corrected chi connectivity index (χ0v) is 18.8. The third-order valence-corrected chi connectivity index (χ3v) is 6.64. The number of hydrogen-bond acceptors (Lipinski definition) is 4. The first-order valence-corrected chi connectivity index (χ1v) is 11.1. The first-order valence-electron chi connectivity index (χ1n) is 10.8. The molecule has 0 radical (unpaired) electrons. The first kappa shape index (κ1) is 21.0. The number of carbonyl (C=O) groups excluding carboxylic acids is 1. The molecule has 2 amide bonds. The van der Waals surface area contributed by atoms with Crippen molar-refractivity contribution in [3.8, 4) is 0 Å². The summed E-state index contributed by atoms with van der Waals surface area (Å²) in [5.41, 5.74) is 2.89. The monoisotopic (exact) mass is 453 g/mol. The summed E-state index contributed by atoms with van der Waals surface area (Å²) in [5.74, 6) is 1.59. The summed E-state index contributed by atoms with van der Waals surface area (Å²) >= 11 is 6.00. The van der Waals surface area contributed by atoms with Gasteiger partial charge in [0.05, 0.1) is 0 Å². The summed E-state index contributed by atoms with van der Waals surface area (Å²) in [5, 5.41) is 3.75.